The predicted molar refractivity (Wildman–Crippen MR) is 125 cm³/mol. The Bertz CT molecular complexity index is 1190. The fourth-order valence-electron chi connectivity index (χ4n) is 4.12. The highest BCUT2D eigenvalue weighted by Crippen LogP contribution is 2.20. The summed E-state index contributed by atoms with van der Waals surface area (Å²) >= 11 is 0. The smallest absolute Gasteiger partial charge is 0.281 e. The van der Waals surface area contributed by atoms with Crippen LogP contribution in [0, 0.1) is 6.92 Å². The van der Waals surface area contributed by atoms with Crippen LogP contribution in [0.25, 0.3) is 11.0 Å². The van der Waals surface area contributed by atoms with Crippen LogP contribution in [-0.2, 0) is 18.4 Å². The number of carbonyl (C=O) groups excluding carboxylic acids is 1. The van der Waals surface area contributed by atoms with Crippen molar-refractivity contribution < 1.29 is 14.3 Å². The van der Waals surface area contributed by atoms with Gasteiger partial charge in [-0.05, 0) is 45.0 Å². The van der Waals surface area contributed by atoms with E-state index in [0.717, 1.165) is 11.4 Å². The summed E-state index contributed by atoms with van der Waals surface area (Å²) in [5.41, 5.74) is 1.78. The predicted octanol–water partition coefficient (Wildman–Crippen LogP) is 1.58. The standard InChI is InChI=1S/C23H30N6O4/c1-5-29-22(31)21-20(16(3)25-26(21)4)24-23(29)28-13-11-27(12-14-28)19(30)15-33-18-9-7-17(8-10-18)32-6-2/h7-10H,5-6,11-15H2,1-4H3. The van der Waals surface area contributed by atoms with Crippen molar-refractivity contribution in [2.45, 2.75) is 27.3 Å². The number of fused-ring (bicyclic) bond motifs is 1. The van der Waals surface area contributed by atoms with E-state index in [-0.39, 0.29) is 18.1 Å². The molecule has 1 fully saturated rings. The molecule has 1 aromatic carbocycles. The summed E-state index contributed by atoms with van der Waals surface area (Å²) in [4.78, 5) is 34.3. The van der Waals surface area contributed by atoms with Crippen molar-refractivity contribution in [1.29, 1.82) is 0 Å². The Morgan fingerprint density at radius 3 is 2.27 bits per heavy atom. The zero-order valence-corrected chi connectivity index (χ0v) is 19.6. The number of hydrogen-bond donors (Lipinski definition) is 0. The van der Waals surface area contributed by atoms with Crippen LogP contribution in [0.1, 0.15) is 19.5 Å². The van der Waals surface area contributed by atoms with Gasteiger partial charge in [-0.2, -0.15) is 5.10 Å². The maximum absolute atomic E-state index is 13.1. The van der Waals surface area contributed by atoms with Crippen LogP contribution >= 0.6 is 0 Å². The van der Waals surface area contributed by atoms with E-state index in [9.17, 15) is 9.59 Å². The lowest BCUT2D eigenvalue weighted by atomic mass is 10.3. The van der Waals surface area contributed by atoms with Crippen molar-refractivity contribution in [3.8, 4) is 11.5 Å². The van der Waals surface area contributed by atoms with Crippen molar-refractivity contribution >= 4 is 22.9 Å². The Labute approximate surface area is 192 Å². The Balaban J connectivity index is 1.40. The van der Waals surface area contributed by atoms with E-state index in [1.165, 1.54) is 0 Å². The molecule has 0 saturated carbocycles. The molecule has 0 N–H and O–H groups in total. The van der Waals surface area contributed by atoms with Gasteiger partial charge >= 0.3 is 0 Å². The number of benzene rings is 1. The quantitative estimate of drug-likeness (QED) is 0.535. The van der Waals surface area contributed by atoms with Gasteiger partial charge in [0.2, 0.25) is 5.95 Å². The summed E-state index contributed by atoms with van der Waals surface area (Å²) < 4.78 is 14.3. The highest BCUT2D eigenvalue weighted by Gasteiger charge is 2.26. The summed E-state index contributed by atoms with van der Waals surface area (Å²) in [6.07, 6.45) is 0. The van der Waals surface area contributed by atoms with Gasteiger partial charge in [-0.1, -0.05) is 0 Å². The van der Waals surface area contributed by atoms with Gasteiger partial charge in [0.25, 0.3) is 11.5 Å². The molecule has 33 heavy (non-hydrogen) atoms. The topological polar surface area (TPSA) is 94.7 Å². The summed E-state index contributed by atoms with van der Waals surface area (Å²) in [5.74, 6) is 1.96. The maximum Gasteiger partial charge on any atom is 0.281 e. The minimum Gasteiger partial charge on any atom is -0.494 e. The van der Waals surface area contributed by atoms with Gasteiger partial charge in [0, 0.05) is 39.8 Å². The van der Waals surface area contributed by atoms with Gasteiger partial charge in [-0.3, -0.25) is 18.8 Å². The van der Waals surface area contributed by atoms with Crippen molar-refractivity contribution in [3.63, 3.8) is 0 Å². The number of anilines is 1. The first-order chi connectivity index (χ1) is 15.9. The fraction of sp³-hybridized carbons (Fsp3) is 0.478. The van der Waals surface area contributed by atoms with Crippen molar-refractivity contribution in [1.82, 2.24) is 24.2 Å². The summed E-state index contributed by atoms with van der Waals surface area (Å²) in [7, 11) is 1.76. The second-order valence-corrected chi connectivity index (χ2v) is 7.93. The molecule has 3 heterocycles. The largest absolute Gasteiger partial charge is 0.494 e. The lowest BCUT2D eigenvalue weighted by Crippen LogP contribution is -2.51. The van der Waals surface area contributed by atoms with Gasteiger partial charge in [-0.15, -0.1) is 0 Å². The number of carbonyl (C=O) groups is 1. The molecule has 1 saturated heterocycles. The Kier molecular flexibility index (Phi) is 6.52. The lowest BCUT2D eigenvalue weighted by Gasteiger charge is -2.36. The van der Waals surface area contributed by atoms with Gasteiger partial charge in [-0.25, -0.2) is 4.98 Å². The molecule has 4 rings (SSSR count). The molecule has 0 radical (unpaired) electrons. The van der Waals surface area contributed by atoms with Crippen molar-refractivity contribution in [2.24, 2.45) is 7.05 Å². The molecule has 0 bridgehead atoms. The van der Waals surface area contributed by atoms with E-state index < -0.39 is 0 Å². The molecule has 0 spiro atoms. The third-order valence-corrected chi connectivity index (χ3v) is 5.82. The van der Waals surface area contributed by atoms with Crippen LogP contribution in [0.5, 0.6) is 11.5 Å². The molecule has 10 nitrogen and oxygen atoms in total. The van der Waals surface area contributed by atoms with Crippen LogP contribution < -0.4 is 19.9 Å². The van der Waals surface area contributed by atoms with Gasteiger partial charge in [0.05, 0.1) is 12.3 Å². The zero-order chi connectivity index (χ0) is 23.5. The highest BCUT2D eigenvalue weighted by atomic mass is 16.5. The minimum absolute atomic E-state index is 0.0211. The van der Waals surface area contributed by atoms with E-state index in [4.69, 9.17) is 14.5 Å². The monoisotopic (exact) mass is 454 g/mol. The lowest BCUT2D eigenvalue weighted by molar-refractivity contribution is -0.133. The first-order valence-corrected chi connectivity index (χ1v) is 11.3. The molecular weight excluding hydrogens is 424 g/mol. The molecule has 0 unspecified atom stereocenters. The van der Waals surface area contributed by atoms with E-state index in [2.05, 4.69) is 10.00 Å². The fourth-order valence-corrected chi connectivity index (χ4v) is 4.12. The van der Waals surface area contributed by atoms with Crippen molar-refractivity contribution in [2.75, 3.05) is 44.3 Å². The molecule has 10 heteroatoms. The van der Waals surface area contributed by atoms with Crippen LogP contribution in [0.3, 0.4) is 0 Å². The summed E-state index contributed by atoms with van der Waals surface area (Å²) in [6.45, 7) is 9.06. The number of aromatic nitrogens is 4. The molecule has 176 valence electrons. The molecule has 1 amide bonds. The molecule has 1 aliphatic rings. The minimum atomic E-state index is -0.0946. The maximum atomic E-state index is 13.1. The summed E-state index contributed by atoms with van der Waals surface area (Å²) in [5, 5.41) is 4.36. The molecule has 1 aliphatic heterocycles. The first-order valence-electron chi connectivity index (χ1n) is 11.3. The van der Waals surface area contributed by atoms with E-state index >= 15 is 0 Å². The van der Waals surface area contributed by atoms with Gasteiger partial charge in [0.1, 0.15) is 17.0 Å². The first kappa shape index (κ1) is 22.6. The average Bonchev–Trinajstić information content (AvgIpc) is 3.12. The SMILES string of the molecule is CCOc1ccc(OCC(=O)N2CCN(c3nc4c(C)nn(C)c4c(=O)n3CC)CC2)cc1. The third kappa shape index (κ3) is 4.50. The van der Waals surface area contributed by atoms with Crippen molar-refractivity contribution in [3.05, 3.63) is 40.3 Å². The number of hydrogen-bond acceptors (Lipinski definition) is 7. The average molecular weight is 455 g/mol. The summed E-state index contributed by atoms with van der Waals surface area (Å²) in [6, 6.07) is 7.23. The zero-order valence-electron chi connectivity index (χ0n) is 19.6. The molecule has 2 aromatic heterocycles. The molecule has 3 aromatic rings. The number of aryl methyl sites for hydroxylation is 2. The van der Waals surface area contributed by atoms with Gasteiger partial charge < -0.3 is 19.3 Å². The van der Waals surface area contributed by atoms with E-state index in [1.54, 1.807) is 33.3 Å². The van der Waals surface area contributed by atoms with Crippen LogP contribution in [0.4, 0.5) is 5.95 Å². The third-order valence-electron chi connectivity index (χ3n) is 5.82. The number of rotatable bonds is 7. The number of amides is 1. The normalized spacial score (nSPS) is 14.1. The number of ether oxygens (including phenoxy) is 2. The second-order valence-electron chi connectivity index (χ2n) is 7.93. The van der Waals surface area contributed by atoms with Crippen LogP contribution in [-0.4, -0.2) is 69.5 Å². The molecule has 0 atom stereocenters. The van der Waals surface area contributed by atoms with Crippen LogP contribution in [0.2, 0.25) is 0 Å². The number of piperazine rings is 1. The number of nitrogens with zero attached hydrogens (tertiary/aromatic N) is 6. The van der Waals surface area contributed by atoms with E-state index in [1.807, 2.05) is 32.9 Å². The molecule has 0 aliphatic carbocycles. The van der Waals surface area contributed by atoms with Gasteiger partial charge in [0.15, 0.2) is 12.1 Å². The van der Waals surface area contributed by atoms with E-state index in [0.29, 0.717) is 62.1 Å². The Morgan fingerprint density at radius 2 is 1.67 bits per heavy atom. The Morgan fingerprint density at radius 1 is 1.03 bits per heavy atom. The molecular formula is C23H30N6O4. The Hall–Kier alpha value is -3.56. The highest BCUT2D eigenvalue weighted by molar-refractivity contribution is 5.79. The van der Waals surface area contributed by atoms with Crippen LogP contribution in [0.15, 0.2) is 29.1 Å². The second kappa shape index (κ2) is 9.51.